The van der Waals surface area contributed by atoms with Crippen LogP contribution in [0.15, 0.2) is 11.1 Å². The summed E-state index contributed by atoms with van der Waals surface area (Å²) in [6.45, 7) is 10.6. The van der Waals surface area contributed by atoms with Crippen LogP contribution in [0.4, 0.5) is 0 Å². The van der Waals surface area contributed by atoms with Crippen LogP contribution in [0.25, 0.3) is 0 Å². The van der Waals surface area contributed by atoms with E-state index in [2.05, 4.69) is 23.6 Å². The Labute approximate surface area is 177 Å². The van der Waals surface area contributed by atoms with E-state index in [0.29, 0.717) is 5.92 Å². The predicted molar refractivity (Wildman–Crippen MR) is 116 cm³/mol. The lowest BCUT2D eigenvalue weighted by Gasteiger charge is -2.46. The molecule has 0 radical (unpaired) electrons. The van der Waals surface area contributed by atoms with Gasteiger partial charge in [-0.15, -0.1) is 0 Å². The maximum atomic E-state index is 12.8. The van der Waals surface area contributed by atoms with E-state index in [0.717, 1.165) is 38.5 Å². The van der Waals surface area contributed by atoms with Crippen LogP contribution < -0.4 is 0 Å². The van der Waals surface area contributed by atoms with Crippen LogP contribution in [0.5, 0.6) is 0 Å². The monoisotopic (exact) mass is 400 g/mol. The first kappa shape index (κ1) is 20.1. The molecule has 3 heterocycles. The molecule has 4 heteroatoms. The average molecular weight is 401 g/mol. The standard InChI is InChI=1S/C25H40N2O2/c1-18-7-6-10-25(2)16-23-20(15-22(18)25)21(24(28)29-23)17-26-13-8-19(9-14-26)27-11-4-3-5-12-27/h19-21,23H,3-17H2,1-2H3. The number of rotatable bonds is 3. The quantitative estimate of drug-likeness (QED) is 0.519. The highest BCUT2D eigenvalue weighted by Crippen LogP contribution is 2.55. The lowest BCUT2D eigenvalue weighted by Crippen LogP contribution is -2.48. The van der Waals surface area contributed by atoms with Gasteiger partial charge in [-0.1, -0.05) is 24.5 Å². The van der Waals surface area contributed by atoms with Crippen LogP contribution in [0.2, 0.25) is 0 Å². The molecule has 0 aromatic rings. The molecule has 0 amide bonds. The fraction of sp³-hybridized carbons (Fsp3) is 0.880. The van der Waals surface area contributed by atoms with Crippen LogP contribution in [-0.2, 0) is 9.53 Å². The number of hydrogen-bond acceptors (Lipinski definition) is 4. The average Bonchev–Trinajstić information content (AvgIpc) is 3.01. The van der Waals surface area contributed by atoms with E-state index in [-0.39, 0.29) is 23.4 Å². The number of fused-ring (bicyclic) bond motifs is 2. The molecule has 4 unspecified atom stereocenters. The van der Waals surface area contributed by atoms with Gasteiger partial charge in [0.15, 0.2) is 0 Å². The van der Waals surface area contributed by atoms with E-state index in [1.54, 1.807) is 11.1 Å². The molecule has 0 bridgehead atoms. The number of esters is 1. The summed E-state index contributed by atoms with van der Waals surface area (Å²) < 4.78 is 5.99. The van der Waals surface area contributed by atoms with Gasteiger partial charge in [-0.05, 0) is 96.3 Å². The second kappa shape index (κ2) is 8.00. The predicted octanol–water partition coefficient (Wildman–Crippen LogP) is 4.40. The molecule has 2 aliphatic carbocycles. The van der Waals surface area contributed by atoms with Crippen LogP contribution in [-0.4, -0.2) is 60.6 Å². The summed E-state index contributed by atoms with van der Waals surface area (Å²) in [4.78, 5) is 18.2. The zero-order chi connectivity index (χ0) is 20.0. The van der Waals surface area contributed by atoms with Crippen LogP contribution in [0.1, 0.15) is 78.1 Å². The van der Waals surface area contributed by atoms with Crippen molar-refractivity contribution >= 4 is 5.97 Å². The third-order valence-electron chi connectivity index (χ3n) is 9.10. The molecule has 0 N–H and O–H groups in total. The Hall–Kier alpha value is -0.870. The normalized spacial score (nSPS) is 39.9. The molecular weight excluding hydrogens is 360 g/mol. The summed E-state index contributed by atoms with van der Waals surface area (Å²) in [5, 5.41) is 0. The molecular formula is C25H40N2O2. The lowest BCUT2D eigenvalue weighted by molar-refractivity contribution is -0.145. The number of ether oxygens (including phenoxy) is 1. The summed E-state index contributed by atoms with van der Waals surface area (Å²) in [7, 11) is 0. The molecule has 5 rings (SSSR count). The highest BCUT2D eigenvalue weighted by molar-refractivity contribution is 5.76. The summed E-state index contributed by atoms with van der Waals surface area (Å²) in [6.07, 6.45) is 12.9. The summed E-state index contributed by atoms with van der Waals surface area (Å²) in [5.74, 6) is 0.607. The lowest BCUT2D eigenvalue weighted by atomic mass is 9.59. The molecule has 3 aliphatic heterocycles. The Morgan fingerprint density at radius 2 is 1.83 bits per heavy atom. The van der Waals surface area contributed by atoms with E-state index in [1.165, 1.54) is 64.5 Å². The molecule has 3 saturated heterocycles. The first-order chi connectivity index (χ1) is 14.0. The van der Waals surface area contributed by atoms with Gasteiger partial charge in [0.05, 0.1) is 5.92 Å². The number of carbonyl (C=O) groups is 1. The van der Waals surface area contributed by atoms with Gasteiger partial charge in [0, 0.05) is 18.5 Å². The fourth-order valence-electron chi connectivity index (χ4n) is 7.35. The molecule has 0 aromatic heterocycles. The number of allylic oxidation sites excluding steroid dienone is 2. The SMILES string of the molecule is CC1=C2CC3C(CC2(C)CCC1)OC(=O)C3CN1CCC(N2CCCCC2)CC1. The van der Waals surface area contributed by atoms with Gasteiger partial charge in [0.1, 0.15) is 6.10 Å². The van der Waals surface area contributed by atoms with Crippen molar-refractivity contribution in [2.45, 2.75) is 90.2 Å². The molecule has 1 saturated carbocycles. The fourth-order valence-corrected chi connectivity index (χ4v) is 7.35. The van der Waals surface area contributed by atoms with Crippen molar-refractivity contribution in [1.29, 1.82) is 0 Å². The topological polar surface area (TPSA) is 32.8 Å². The van der Waals surface area contributed by atoms with E-state index in [4.69, 9.17) is 4.74 Å². The van der Waals surface area contributed by atoms with Gasteiger partial charge in [-0.2, -0.15) is 0 Å². The second-order valence-corrected chi connectivity index (χ2v) is 11.0. The number of hydrogen-bond donors (Lipinski definition) is 0. The molecule has 4 nitrogen and oxygen atoms in total. The highest BCUT2D eigenvalue weighted by atomic mass is 16.6. The van der Waals surface area contributed by atoms with Crippen molar-refractivity contribution in [3.63, 3.8) is 0 Å². The van der Waals surface area contributed by atoms with E-state index >= 15 is 0 Å². The van der Waals surface area contributed by atoms with Gasteiger partial charge in [0.2, 0.25) is 0 Å². The molecule has 0 aromatic carbocycles. The van der Waals surface area contributed by atoms with Gasteiger partial charge in [-0.3, -0.25) is 4.79 Å². The zero-order valence-corrected chi connectivity index (χ0v) is 18.6. The maximum Gasteiger partial charge on any atom is 0.310 e. The van der Waals surface area contributed by atoms with Crippen molar-refractivity contribution in [2.75, 3.05) is 32.7 Å². The third kappa shape index (κ3) is 3.80. The minimum Gasteiger partial charge on any atom is -0.462 e. The highest BCUT2D eigenvalue weighted by Gasteiger charge is 2.53. The Morgan fingerprint density at radius 1 is 1.07 bits per heavy atom. The molecule has 5 aliphatic rings. The van der Waals surface area contributed by atoms with Gasteiger partial charge >= 0.3 is 5.97 Å². The van der Waals surface area contributed by atoms with Crippen LogP contribution in [0.3, 0.4) is 0 Å². The molecule has 162 valence electrons. The molecule has 29 heavy (non-hydrogen) atoms. The van der Waals surface area contributed by atoms with Crippen molar-refractivity contribution in [2.24, 2.45) is 17.3 Å². The van der Waals surface area contributed by atoms with Crippen LogP contribution in [0, 0.1) is 17.3 Å². The summed E-state index contributed by atoms with van der Waals surface area (Å²) >= 11 is 0. The smallest absolute Gasteiger partial charge is 0.310 e. The van der Waals surface area contributed by atoms with Crippen molar-refractivity contribution < 1.29 is 9.53 Å². The summed E-state index contributed by atoms with van der Waals surface area (Å²) in [6, 6.07) is 0.778. The maximum absolute atomic E-state index is 12.8. The molecule has 0 spiro atoms. The first-order valence-electron chi connectivity index (χ1n) is 12.4. The van der Waals surface area contributed by atoms with Gasteiger partial charge in [-0.25, -0.2) is 0 Å². The zero-order valence-electron chi connectivity index (χ0n) is 18.6. The largest absolute Gasteiger partial charge is 0.462 e. The third-order valence-corrected chi connectivity index (χ3v) is 9.10. The molecule has 4 atom stereocenters. The first-order valence-corrected chi connectivity index (χ1v) is 12.4. The Bertz CT molecular complexity index is 660. The Kier molecular flexibility index (Phi) is 5.53. The van der Waals surface area contributed by atoms with Crippen molar-refractivity contribution in [3.05, 3.63) is 11.1 Å². The van der Waals surface area contributed by atoms with Crippen molar-refractivity contribution in [3.8, 4) is 0 Å². The van der Waals surface area contributed by atoms with Crippen LogP contribution >= 0.6 is 0 Å². The van der Waals surface area contributed by atoms with E-state index in [9.17, 15) is 4.79 Å². The van der Waals surface area contributed by atoms with Gasteiger partial charge in [0.25, 0.3) is 0 Å². The van der Waals surface area contributed by atoms with Crippen molar-refractivity contribution in [1.82, 2.24) is 9.80 Å². The minimum absolute atomic E-state index is 0.0957. The number of likely N-dealkylation sites (tertiary alicyclic amines) is 2. The van der Waals surface area contributed by atoms with E-state index < -0.39 is 0 Å². The Morgan fingerprint density at radius 3 is 2.59 bits per heavy atom. The number of carbonyl (C=O) groups excluding carboxylic acids is 1. The number of nitrogens with zero attached hydrogens (tertiary/aromatic N) is 2. The van der Waals surface area contributed by atoms with E-state index in [1.807, 2.05) is 0 Å². The minimum atomic E-state index is 0.0957. The van der Waals surface area contributed by atoms with Gasteiger partial charge < -0.3 is 14.5 Å². The Balaban J connectivity index is 1.21. The second-order valence-electron chi connectivity index (χ2n) is 11.0. The molecule has 4 fully saturated rings. The number of piperidine rings is 2. The summed E-state index contributed by atoms with van der Waals surface area (Å²) in [5.41, 5.74) is 3.57.